The maximum atomic E-state index is 11.3. The summed E-state index contributed by atoms with van der Waals surface area (Å²) in [7, 11) is 0. The molecule has 0 saturated carbocycles. The Kier molecular flexibility index (Phi) is 4.59. The third kappa shape index (κ3) is 3.04. The normalized spacial score (nSPS) is 10.7. The molecule has 0 aliphatic rings. The molecular formula is C24H17BrO. The molecule has 4 aromatic carbocycles. The monoisotopic (exact) mass is 400 g/mol. The van der Waals surface area contributed by atoms with Gasteiger partial charge in [0.1, 0.15) is 5.75 Å². The van der Waals surface area contributed by atoms with E-state index in [1.807, 2.05) is 78.9 Å². The van der Waals surface area contributed by atoms with Gasteiger partial charge in [-0.05, 0) is 44.3 Å². The van der Waals surface area contributed by atoms with E-state index in [0.29, 0.717) is 0 Å². The largest absolute Gasteiger partial charge is 0.507 e. The van der Waals surface area contributed by atoms with Gasteiger partial charge in [0.05, 0.1) is 0 Å². The van der Waals surface area contributed by atoms with E-state index in [2.05, 4.69) is 34.1 Å². The Morgan fingerprint density at radius 1 is 0.538 bits per heavy atom. The smallest absolute Gasteiger partial charge is 0.132 e. The minimum Gasteiger partial charge on any atom is -0.507 e. The number of rotatable bonds is 3. The standard InChI is InChI=1S/C24H17BrO/c25-21-16-20(17-10-4-1-5-11-17)22(18-12-6-2-7-13-18)24(26)23(21)19-14-8-3-9-15-19/h1-16,26H. The maximum Gasteiger partial charge on any atom is 0.132 e. The molecule has 0 fully saturated rings. The molecule has 0 spiro atoms. The van der Waals surface area contributed by atoms with Crippen molar-refractivity contribution in [3.63, 3.8) is 0 Å². The fraction of sp³-hybridized carbons (Fsp3) is 0. The van der Waals surface area contributed by atoms with Crippen molar-refractivity contribution < 1.29 is 5.11 Å². The highest BCUT2D eigenvalue weighted by Crippen LogP contribution is 2.48. The van der Waals surface area contributed by atoms with Crippen molar-refractivity contribution in [2.45, 2.75) is 0 Å². The summed E-state index contributed by atoms with van der Waals surface area (Å²) < 4.78 is 0.875. The number of hydrogen-bond donors (Lipinski definition) is 1. The highest BCUT2D eigenvalue weighted by molar-refractivity contribution is 9.10. The van der Waals surface area contributed by atoms with E-state index in [1.54, 1.807) is 0 Å². The molecule has 0 unspecified atom stereocenters. The Balaban J connectivity index is 2.05. The van der Waals surface area contributed by atoms with Gasteiger partial charge in [-0.1, -0.05) is 91.0 Å². The van der Waals surface area contributed by atoms with Gasteiger partial charge in [-0.2, -0.15) is 0 Å². The lowest BCUT2D eigenvalue weighted by molar-refractivity contribution is 0.479. The molecule has 0 amide bonds. The maximum absolute atomic E-state index is 11.3. The van der Waals surface area contributed by atoms with Gasteiger partial charge in [0.15, 0.2) is 0 Å². The van der Waals surface area contributed by atoms with E-state index < -0.39 is 0 Å². The van der Waals surface area contributed by atoms with Crippen LogP contribution in [0.5, 0.6) is 5.75 Å². The molecule has 4 aromatic rings. The first-order valence-electron chi connectivity index (χ1n) is 8.47. The molecule has 0 radical (unpaired) electrons. The first-order valence-corrected chi connectivity index (χ1v) is 9.26. The van der Waals surface area contributed by atoms with E-state index in [4.69, 9.17) is 0 Å². The van der Waals surface area contributed by atoms with E-state index >= 15 is 0 Å². The van der Waals surface area contributed by atoms with Crippen molar-refractivity contribution in [2.24, 2.45) is 0 Å². The second-order valence-electron chi connectivity index (χ2n) is 6.10. The van der Waals surface area contributed by atoms with Crippen LogP contribution in [0.3, 0.4) is 0 Å². The molecule has 26 heavy (non-hydrogen) atoms. The zero-order chi connectivity index (χ0) is 17.9. The minimum absolute atomic E-state index is 0.288. The molecule has 2 heteroatoms. The number of benzene rings is 4. The predicted molar refractivity (Wildman–Crippen MR) is 112 cm³/mol. The van der Waals surface area contributed by atoms with Crippen molar-refractivity contribution in [2.75, 3.05) is 0 Å². The van der Waals surface area contributed by atoms with Gasteiger partial charge in [0.25, 0.3) is 0 Å². The Labute approximate surface area is 161 Å². The van der Waals surface area contributed by atoms with Crippen LogP contribution in [0.4, 0.5) is 0 Å². The number of hydrogen-bond acceptors (Lipinski definition) is 1. The highest BCUT2D eigenvalue weighted by Gasteiger charge is 2.19. The van der Waals surface area contributed by atoms with Crippen LogP contribution in [0.25, 0.3) is 33.4 Å². The molecule has 4 rings (SSSR count). The van der Waals surface area contributed by atoms with Crippen molar-refractivity contribution in [3.05, 3.63) is 102 Å². The third-order valence-corrected chi connectivity index (χ3v) is 5.09. The summed E-state index contributed by atoms with van der Waals surface area (Å²) in [6.07, 6.45) is 0. The van der Waals surface area contributed by atoms with Crippen LogP contribution in [0, 0.1) is 0 Å². The molecule has 0 heterocycles. The first-order chi connectivity index (χ1) is 12.8. The fourth-order valence-corrected chi connectivity index (χ4v) is 3.90. The van der Waals surface area contributed by atoms with Crippen LogP contribution >= 0.6 is 15.9 Å². The summed E-state index contributed by atoms with van der Waals surface area (Å²) in [5, 5.41) is 11.3. The van der Waals surface area contributed by atoms with Crippen molar-refractivity contribution in [3.8, 4) is 39.1 Å². The first kappa shape index (κ1) is 16.6. The number of halogens is 1. The second-order valence-corrected chi connectivity index (χ2v) is 6.96. The SMILES string of the molecule is Oc1c(-c2ccccc2)c(Br)cc(-c2ccccc2)c1-c1ccccc1. The van der Waals surface area contributed by atoms with Gasteiger partial charge in [-0.3, -0.25) is 0 Å². The molecular weight excluding hydrogens is 384 g/mol. The van der Waals surface area contributed by atoms with Gasteiger partial charge in [-0.15, -0.1) is 0 Å². The Morgan fingerprint density at radius 2 is 0.962 bits per heavy atom. The zero-order valence-electron chi connectivity index (χ0n) is 14.1. The van der Waals surface area contributed by atoms with Gasteiger partial charge >= 0.3 is 0 Å². The average molecular weight is 401 g/mol. The van der Waals surface area contributed by atoms with Crippen LogP contribution in [-0.4, -0.2) is 5.11 Å². The number of phenolic OH excluding ortho intramolecular Hbond substituents is 1. The summed E-state index contributed by atoms with van der Waals surface area (Å²) in [5.74, 6) is 0.288. The molecule has 0 bridgehead atoms. The summed E-state index contributed by atoms with van der Waals surface area (Å²) in [6.45, 7) is 0. The van der Waals surface area contributed by atoms with Crippen molar-refractivity contribution in [1.29, 1.82) is 0 Å². The van der Waals surface area contributed by atoms with Crippen molar-refractivity contribution >= 4 is 15.9 Å². The van der Waals surface area contributed by atoms with E-state index in [0.717, 1.165) is 37.9 Å². The Bertz CT molecular complexity index is 1030. The molecule has 0 atom stereocenters. The average Bonchev–Trinajstić information content (AvgIpc) is 2.70. The van der Waals surface area contributed by atoms with Crippen LogP contribution in [0.2, 0.25) is 0 Å². The Hall–Kier alpha value is -2.84. The van der Waals surface area contributed by atoms with E-state index in [1.165, 1.54) is 0 Å². The summed E-state index contributed by atoms with van der Waals surface area (Å²) in [4.78, 5) is 0. The second kappa shape index (κ2) is 7.19. The summed E-state index contributed by atoms with van der Waals surface area (Å²) >= 11 is 3.68. The van der Waals surface area contributed by atoms with E-state index in [-0.39, 0.29) is 5.75 Å². The van der Waals surface area contributed by atoms with Gasteiger partial charge in [0, 0.05) is 15.6 Å². The lowest BCUT2D eigenvalue weighted by atomic mass is 9.90. The Morgan fingerprint density at radius 3 is 1.46 bits per heavy atom. The molecule has 1 nitrogen and oxygen atoms in total. The fourth-order valence-electron chi connectivity index (χ4n) is 3.26. The highest BCUT2D eigenvalue weighted by atomic mass is 79.9. The number of aromatic hydroxyl groups is 1. The quantitative estimate of drug-likeness (QED) is 0.386. The number of phenols is 1. The lowest BCUT2D eigenvalue weighted by Gasteiger charge is -2.18. The third-order valence-electron chi connectivity index (χ3n) is 4.46. The minimum atomic E-state index is 0.288. The molecule has 1 N–H and O–H groups in total. The predicted octanol–water partition coefficient (Wildman–Crippen LogP) is 7.16. The molecule has 0 aliphatic carbocycles. The summed E-state index contributed by atoms with van der Waals surface area (Å²) in [6, 6.07) is 32.3. The molecule has 126 valence electrons. The molecule has 0 saturated heterocycles. The van der Waals surface area contributed by atoms with Crippen LogP contribution in [0.15, 0.2) is 102 Å². The van der Waals surface area contributed by atoms with Crippen molar-refractivity contribution in [1.82, 2.24) is 0 Å². The van der Waals surface area contributed by atoms with Gasteiger partial charge in [-0.25, -0.2) is 0 Å². The van der Waals surface area contributed by atoms with Crippen LogP contribution in [0.1, 0.15) is 0 Å². The zero-order valence-corrected chi connectivity index (χ0v) is 15.6. The van der Waals surface area contributed by atoms with Crippen LogP contribution < -0.4 is 0 Å². The van der Waals surface area contributed by atoms with E-state index in [9.17, 15) is 5.11 Å². The van der Waals surface area contributed by atoms with Gasteiger partial charge < -0.3 is 5.11 Å². The molecule has 0 aromatic heterocycles. The molecule has 0 aliphatic heterocycles. The lowest BCUT2D eigenvalue weighted by Crippen LogP contribution is -1.91. The topological polar surface area (TPSA) is 20.2 Å². The van der Waals surface area contributed by atoms with Crippen LogP contribution in [-0.2, 0) is 0 Å². The summed E-state index contributed by atoms with van der Waals surface area (Å²) in [5.41, 5.74) is 5.70. The van der Waals surface area contributed by atoms with Gasteiger partial charge in [0.2, 0.25) is 0 Å².